The Morgan fingerprint density at radius 3 is 2.76 bits per heavy atom. The van der Waals surface area contributed by atoms with Crippen molar-refractivity contribution < 1.29 is 9.53 Å². The highest BCUT2D eigenvalue weighted by Gasteiger charge is 2.22. The highest BCUT2D eigenvalue weighted by atomic mass is 79.9. The highest BCUT2D eigenvalue weighted by molar-refractivity contribution is 9.10. The van der Waals surface area contributed by atoms with Gasteiger partial charge in [0.25, 0.3) is 0 Å². The second kappa shape index (κ2) is 5.91. The number of rotatable bonds is 2. The summed E-state index contributed by atoms with van der Waals surface area (Å²) < 4.78 is 5.84. The number of benzene rings is 1. The molecule has 0 fully saturated rings. The van der Waals surface area contributed by atoms with Crippen molar-refractivity contribution >= 4 is 21.9 Å². The number of ether oxygens (including phenoxy) is 1. The van der Waals surface area contributed by atoms with E-state index in [1.54, 1.807) is 0 Å². The van der Waals surface area contributed by atoms with Crippen molar-refractivity contribution in [2.45, 2.75) is 13.0 Å². The zero-order valence-corrected chi connectivity index (χ0v) is 13.1. The van der Waals surface area contributed by atoms with Crippen LogP contribution in [0.3, 0.4) is 0 Å². The molecule has 0 saturated carbocycles. The van der Waals surface area contributed by atoms with E-state index in [9.17, 15) is 4.79 Å². The van der Waals surface area contributed by atoms with E-state index < -0.39 is 5.97 Å². The zero-order valence-electron chi connectivity index (χ0n) is 11.5. The number of hydrogen-bond acceptors (Lipinski definition) is 5. The molecule has 0 spiro atoms. The molecule has 2 heterocycles. The van der Waals surface area contributed by atoms with Gasteiger partial charge in [0.05, 0.1) is 12.8 Å². The molecule has 0 bridgehead atoms. The minimum atomic E-state index is -0.421. The predicted octanol–water partition coefficient (Wildman–Crippen LogP) is 2.34. The van der Waals surface area contributed by atoms with Crippen LogP contribution in [-0.4, -0.2) is 29.6 Å². The normalized spacial score (nSPS) is 13.6. The van der Waals surface area contributed by atoms with E-state index in [4.69, 9.17) is 4.74 Å². The van der Waals surface area contributed by atoms with E-state index >= 15 is 0 Å². The van der Waals surface area contributed by atoms with Gasteiger partial charge in [-0.15, -0.1) is 0 Å². The lowest BCUT2D eigenvalue weighted by atomic mass is 10.0. The van der Waals surface area contributed by atoms with Crippen molar-refractivity contribution in [3.05, 3.63) is 45.7 Å². The fourth-order valence-corrected chi connectivity index (χ4v) is 2.60. The summed E-state index contributed by atoms with van der Waals surface area (Å²) in [7, 11) is 1.37. The number of methoxy groups -OCH3 is 1. The van der Waals surface area contributed by atoms with Gasteiger partial charge < -0.3 is 10.1 Å². The van der Waals surface area contributed by atoms with Crippen LogP contribution in [0.2, 0.25) is 0 Å². The quantitative estimate of drug-likeness (QED) is 0.844. The Hall–Kier alpha value is -1.79. The highest BCUT2D eigenvalue weighted by Crippen LogP contribution is 2.23. The molecule has 1 N–H and O–H groups in total. The summed E-state index contributed by atoms with van der Waals surface area (Å²) in [6.45, 7) is 1.45. The SMILES string of the molecule is COC(=O)c1nc(-c2ccc(Br)cc2)nc2c1CNCC2. The summed E-state index contributed by atoms with van der Waals surface area (Å²) in [6.07, 6.45) is 0.783. The van der Waals surface area contributed by atoms with E-state index in [1.807, 2.05) is 24.3 Å². The zero-order chi connectivity index (χ0) is 14.8. The van der Waals surface area contributed by atoms with Gasteiger partial charge in [0.2, 0.25) is 0 Å². The first-order chi connectivity index (χ1) is 10.2. The third-order valence-corrected chi connectivity index (χ3v) is 3.94. The molecular formula is C15H14BrN3O2. The van der Waals surface area contributed by atoms with Gasteiger partial charge in [-0.25, -0.2) is 14.8 Å². The molecule has 0 atom stereocenters. The van der Waals surface area contributed by atoms with Crippen LogP contribution in [0, 0.1) is 0 Å². The molecule has 0 aliphatic carbocycles. The van der Waals surface area contributed by atoms with E-state index in [0.29, 0.717) is 18.1 Å². The topological polar surface area (TPSA) is 64.1 Å². The van der Waals surface area contributed by atoms with Crippen molar-refractivity contribution in [3.8, 4) is 11.4 Å². The lowest BCUT2D eigenvalue weighted by Gasteiger charge is -2.19. The first kappa shape index (κ1) is 14.2. The molecule has 5 nitrogen and oxygen atoms in total. The smallest absolute Gasteiger partial charge is 0.357 e. The molecule has 0 radical (unpaired) electrons. The van der Waals surface area contributed by atoms with Crippen LogP contribution in [0.15, 0.2) is 28.7 Å². The Balaban J connectivity index is 2.13. The third-order valence-electron chi connectivity index (χ3n) is 3.41. The monoisotopic (exact) mass is 347 g/mol. The lowest BCUT2D eigenvalue weighted by molar-refractivity contribution is 0.0592. The lowest BCUT2D eigenvalue weighted by Crippen LogP contribution is -2.28. The maximum Gasteiger partial charge on any atom is 0.357 e. The van der Waals surface area contributed by atoms with Crippen molar-refractivity contribution in [2.24, 2.45) is 0 Å². The second-order valence-corrected chi connectivity index (χ2v) is 5.66. The van der Waals surface area contributed by atoms with E-state index in [1.165, 1.54) is 7.11 Å². The molecule has 0 unspecified atom stereocenters. The Morgan fingerprint density at radius 1 is 1.29 bits per heavy atom. The number of aromatic nitrogens is 2. The summed E-state index contributed by atoms with van der Waals surface area (Å²) in [4.78, 5) is 21.0. The molecule has 0 amide bonds. The molecule has 108 valence electrons. The summed E-state index contributed by atoms with van der Waals surface area (Å²) >= 11 is 3.40. The molecule has 1 aliphatic rings. The maximum absolute atomic E-state index is 12.0. The van der Waals surface area contributed by atoms with Gasteiger partial charge in [0, 0.05) is 35.1 Å². The van der Waals surface area contributed by atoms with E-state index in [-0.39, 0.29) is 0 Å². The number of nitrogens with zero attached hydrogens (tertiary/aromatic N) is 2. The van der Waals surface area contributed by atoms with Crippen LogP contribution in [0.5, 0.6) is 0 Å². The predicted molar refractivity (Wildman–Crippen MR) is 81.9 cm³/mol. The minimum Gasteiger partial charge on any atom is -0.464 e. The van der Waals surface area contributed by atoms with Gasteiger partial charge in [-0.3, -0.25) is 0 Å². The second-order valence-electron chi connectivity index (χ2n) is 4.75. The number of esters is 1. The van der Waals surface area contributed by atoms with Gasteiger partial charge >= 0.3 is 5.97 Å². The van der Waals surface area contributed by atoms with E-state index in [0.717, 1.165) is 34.3 Å². The number of nitrogens with one attached hydrogen (secondary N) is 1. The fourth-order valence-electron chi connectivity index (χ4n) is 2.34. The Morgan fingerprint density at radius 2 is 2.05 bits per heavy atom. The fraction of sp³-hybridized carbons (Fsp3) is 0.267. The van der Waals surface area contributed by atoms with Crippen LogP contribution in [-0.2, 0) is 17.7 Å². The Bertz CT molecular complexity index is 686. The van der Waals surface area contributed by atoms with Gasteiger partial charge in [-0.05, 0) is 12.1 Å². The largest absolute Gasteiger partial charge is 0.464 e. The maximum atomic E-state index is 12.0. The van der Waals surface area contributed by atoms with Crippen LogP contribution in [0.1, 0.15) is 21.7 Å². The number of carbonyl (C=O) groups excluding carboxylic acids is 1. The van der Waals surface area contributed by atoms with Crippen molar-refractivity contribution in [1.29, 1.82) is 0 Å². The van der Waals surface area contributed by atoms with Crippen LogP contribution in [0.4, 0.5) is 0 Å². The average Bonchev–Trinajstić information content (AvgIpc) is 2.53. The molecule has 1 aromatic heterocycles. The van der Waals surface area contributed by atoms with Gasteiger partial charge in [-0.2, -0.15) is 0 Å². The number of carbonyl (C=O) groups is 1. The van der Waals surface area contributed by atoms with Crippen molar-refractivity contribution in [3.63, 3.8) is 0 Å². The summed E-state index contributed by atoms with van der Waals surface area (Å²) in [5.74, 6) is 0.138. The van der Waals surface area contributed by atoms with E-state index in [2.05, 4.69) is 31.2 Å². The molecule has 2 aromatic rings. The number of halogens is 1. The first-order valence-corrected chi connectivity index (χ1v) is 7.43. The number of fused-ring (bicyclic) bond motifs is 1. The van der Waals surface area contributed by atoms with Gasteiger partial charge in [0.15, 0.2) is 11.5 Å². The molecular weight excluding hydrogens is 334 g/mol. The Kier molecular flexibility index (Phi) is 3.98. The average molecular weight is 348 g/mol. The third kappa shape index (κ3) is 2.82. The molecule has 1 aliphatic heterocycles. The number of hydrogen-bond donors (Lipinski definition) is 1. The van der Waals surface area contributed by atoms with Crippen LogP contribution in [0.25, 0.3) is 11.4 Å². The molecule has 1 aromatic carbocycles. The first-order valence-electron chi connectivity index (χ1n) is 6.64. The summed E-state index contributed by atoms with van der Waals surface area (Å²) in [6, 6.07) is 7.71. The Labute approximate surface area is 130 Å². The van der Waals surface area contributed by atoms with Crippen LogP contribution < -0.4 is 5.32 Å². The molecule has 6 heteroatoms. The summed E-state index contributed by atoms with van der Waals surface area (Å²) in [5, 5.41) is 3.23. The summed E-state index contributed by atoms with van der Waals surface area (Å²) in [5.41, 5.74) is 2.99. The molecule has 21 heavy (non-hydrogen) atoms. The molecule has 0 saturated heterocycles. The standard InChI is InChI=1S/C15H14BrN3O2/c1-21-15(20)13-11-8-17-7-6-12(11)18-14(19-13)9-2-4-10(16)5-3-9/h2-5,17H,6-8H2,1H3. The van der Waals surface area contributed by atoms with Gasteiger partial charge in [0.1, 0.15) is 0 Å². The van der Waals surface area contributed by atoms with Gasteiger partial charge in [-0.1, -0.05) is 28.1 Å². The molecule has 3 rings (SSSR count). The minimum absolute atomic E-state index is 0.354. The van der Waals surface area contributed by atoms with Crippen molar-refractivity contribution in [2.75, 3.05) is 13.7 Å². The van der Waals surface area contributed by atoms with Crippen molar-refractivity contribution in [1.82, 2.24) is 15.3 Å². The van der Waals surface area contributed by atoms with Crippen LogP contribution >= 0.6 is 15.9 Å².